The van der Waals surface area contributed by atoms with E-state index in [2.05, 4.69) is 0 Å². The molecule has 1 heterocycles. The number of benzene rings is 1. The van der Waals surface area contributed by atoms with Crippen LogP contribution in [0.15, 0.2) is 39.9 Å². The van der Waals surface area contributed by atoms with Crippen molar-refractivity contribution in [2.75, 3.05) is 4.31 Å². The van der Waals surface area contributed by atoms with Crippen molar-refractivity contribution < 1.29 is 13.2 Å². The summed E-state index contributed by atoms with van der Waals surface area (Å²) in [4.78, 5) is 11.5. The normalized spacial score (nSPS) is 15.9. The lowest BCUT2D eigenvalue weighted by molar-refractivity contribution is 0.1000. The van der Waals surface area contributed by atoms with Gasteiger partial charge in [-0.25, -0.2) is 8.42 Å². The van der Waals surface area contributed by atoms with E-state index in [0.29, 0.717) is 5.69 Å². The number of nitrogens with zero attached hydrogens (tertiary/aromatic N) is 1. The molecule has 0 saturated heterocycles. The van der Waals surface area contributed by atoms with E-state index in [-0.39, 0.29) is 21.5 Å². The molecule has 8 heteroatoms. The van der Waals surface area contributed by atoms with Crippen molar-refractivity contribution in [1.29, 1.82) is 0 Å². The Kier molecular flexibility index (Phi) is 5.36. The Bertz CT molecular complexity index is 860. The summed E-state index contributed by atoms with van der Waals surface area (Å²) in [6.45, 7) is 0. The molecule has 0 radical (unpaired) electrons. The average Bonchev–Trinajstić information content (AvgIpc) is 3.09. The summed E-state index contributed by atoms with van der Waals surface area (Å²) < 4.78 is 28.2. The predicted molar refractivity (Wildman–Crippen MR) is 101 cm³/mol. The van der Waals surface area contributed by atoms with Crippen LogP contribution in [0.25, 0.3) is 0 Å². The van der Waals surface area contributed by atoms with Crippen LogP contribution in [0.3, 0.4) is 0 Å². The van der Waals surface area contributed by atoms with E-state index in [1.165, 1.54) is 33.8 Å². The van der Waals surface area contributed by atoms with Crippen LogP contribution in [-0.2, 0) is 10.0 Å². The van der Waals surface area contributed by atoms with Crippen LogP contribution >= 0.6 is 22.9 Å². The lowest BCUT2D eigenvalue weighted by Crippen LogP contribution is -2.41. The van der Waals surface area contributed by atoms with Crippen LogP contribution < -0.4 is 10.0 Å². The molecule has 1 aromatic heterocycles. The van der Waals surface area contributed by atoms with Crippen LogP contribution in [0, 0.1) is 0 Å². The molecule has 2 aromatic rings. The Morgan fingerprint density at radius 3 is 2.52 bits per heavy atom. The number of amides is 1. The van der Waals surface area contributed by atoms with Gasteiger partial charge in [-0.05, 0) is 42.5 Å². The molecule has 0 bridgehead atoms. The fourth-order valence-corrected chi connectivity index (χ4v) is 5.98. The molecule has 2 N–H and O–H groups in total. The lowest BCUT2D eigenvalue weighted by atomic mass is 9.95. The first-order chi connectivity index (χ1) is 11.9. The van der Waals surface area contributed by atoms with E-state index in [1.807, 2.05) is 10.8 Å². The van der Waals surface area contributed by atoms with E-state index >= 15 is 0 Å². The fourth-order valence-electron chi connectivity index (χ4n) is 3.21. The number of hydrogen-bond donors (Lipinski definition) is 1. The van der Waals surface area contributed by atoms with Crippen molar-refractivity contribution in [2.45, 2.75) is 43.0 Å². The number of carbonyl (C=O) groups excluding carboxylic acids is 1. The molecule has 134 valence electrons. The Labute approximate surface area is 156 Å². The standard InChI is InChI=1S/C17H19ClN2O3S2/c18-13-8-12(17(19)21)9-16(10-13)25(22,23)20(15-6-7-24-11-15)14-4-2-1-3-5-14/h6-11,14H,1-5H2,(H2,19,21). The molecule has 5 nitrogen and oxygen atoms in total. The number of primary amides is 1. The second kappa shape index (κ2) is 7.35. The minimum atomic E-state index is -3.85. The van der Waals surface area contributed by atoms with Gasteiger partial charge in [0.15, 0.2) is 0 Å². The first-order valence-corrected chi connectivity index (χ1v) is 10.8. The summed E-state index contributed by atoms with van der Waals surface area (Å²) in [5.74, 6) is -0.710. The third-order valence-electron chi connectivity index (χ3n) is 4.38. The zero-order valence-electron chi connectivity index (χ0n) is 13.5. The van der Waals surface area contributed by atoms with Crippen molar-refractivity contribution in [3.63, 3.8) is 0 Å². The van der Waals surface area contributed by atoms with E-state index in [4.69, 9.17) is 17.3 Å². The highest BCUT2D eigenvalue weighted by molar-refractivity contribution is 7.92. The topological polar surface area (TPSA) is 80.5 Å². The summed E-state index contributed by atoms with van der Waals surface area (Å²) >= 11 is 7.47. The van der Waals surface area contributed by atoms with Gasteiger partial charge in [0.05, 0.1) is 10.6 Å². The molecule has 25 heavy (non-hydrogen) atoms. The molecular formula is C17H19ClN2O3S2. The number of anilines is 1. The monoisotopic (exact) mass is 398 g/mol. The van der Waals surface area contributed by atoms with Gasteiger partial charge in [0.2, 0.25) is 5.91 Å². The Balaban J connectivity index is 2.09. The summed E-state index contributed by atoms with van der Waals surface area (Å²) in [6.07, 6.45) is 4.76. The van der Waals surface area contributed by atoms with Crippen molar-refractivity contribution in [3.8, 4) is 0 Å². The molecule has 1 amide bonds. The second-order valence-electron chi connectivity index (χ2n) is 6.11. The van der Waals surface area contributed by atoms with Gasteiger partial charge in [0.1, 0.15) is 0 Å². The number of thiophene rings is 1. The third kappa shape index (κ3) is 3.83. The van der Waals surface area contributed by atoms with Gasteiger partial charge in [0, 0.05) is 22.0 Å². The minimum Gasteiger partial charge on any atom is -0.366 e. The number of carbonyl (C=O) groups is 1. The number of rotatable bonds is 5. The molecule has 1 aliphatic carbocycles. The summed E-state index contributed by atoms with van der Waals surface area (Å²) in [6, 6.07) is 5.75. The van der Waals surface area contributed by atoms with Crippen molar-refractivity contribution in [3.05, 3.63) is 45.6 Å². The molecule has 1 aliphatic rings. The Hall–Kier alpha value is -1.57. The number of nitrogens with two attached hydrogens (primary N) is 1. The van der Waals surface area contributed by atoms with Crippen molar-refractivity contribution >= 4 is 44.6 Å². The molecule has 0 aliphatic heterocycles. The first kappa shape index (κ1) is 18.2. The molecule has 3 rings (SSSR count). The quantitative estimate of drug-likeness (QED) is 0.825. The maximum absolute atomic E-state index is 13.4. The number of hydrogen-bond acceptors (Lipinski definition) is 4. The maximum Gasteiger partial charge on any atom is 0.264 e. The number of sulfonamides is 1. The number of halogens is 1. The molecule has 0 atom stereocenters. The largest absolute Gasteiger partial charge is 0.366 e. The molecule has 0 unspecified atom stereocenters. The van der Waals surface area contributed by atoms with Crippen LogP contribution in [0.5, 0.6) is 0 Å². The van der Waals surface area contributed by atoms with Crippen molar-refractivity contribution in [2.24, 2.45) is 5.73 Å². The van der Waals surface area contributed by atoms with Crippen LogP contribution in [0.2, 0.25) is 5.02 Å². The van der Waals surface area contributed by atoms with Gasteiger partial charge in [-0.15, -0.1) is 0 Å². The van der Waals surface area contributed by atoms with E-state index < -0.39 is 15.9 Å². The van der Waals surface area contributed by atoms with Crippen molar-refractivity contribution in [1.82, 2.24) is 0 Å². The SMILES string of the molecule is NC(=O)c1cc(Cl)cc(S(=O)(=O)N(c2ccsc2)C2CCCCC2)c1. The van der Waals surface area contributed by atoms with Gasteiger partial charge < -0.3 is 5.73 Å². The second-order valence-corrected chi connectivity index (χ2v) is 9.15. The van der Waals surface area contributed by atoms with Crippen LogP contribution in [-0.4, -0.2) is 20.4 Å². The molecule has 1 fully saturated rings. The highest BCUT2D eigenvalue weighted by Gasteiger charge is 2.33. The smallest absolute Gasteiger partial charge is 0.264 e. The van der Waals surface area contributed by atoms with Gasteiger partial charge in [0.25, 0.3) is 10.0 Å². The summed E-state index contributed by atoms with van der Waals surface area (Å²) in [5, 5.41) is 3.85. The highest BCUT2D eigenvalue weighted by atomic mass is 35.5. The van der Waals surface area contributed by atoms with Gasteiger partial charge in [-0.3, -0.25) is 9.10 Å². The fraction of sp³-hybridized carbons (Fsp3) is 0.353. The zero-order chi connectivity index (χ0) is 18.0. The average molecular weight is 399 g/mol. The molecule has 0 spiro atoms. The van der Waals surface area contributed by atoms with E-state index in [1.54, 1.807) is 6.07 Å². The van der Waals surface area contributed by atoms with Crippen LogP contribution in [0.1, 0.15) is 42.5 Å². The molecule has 1 saturated carbocycles. The molecular weight excluding hydrogens is 380 g/mol. The van der Waals surface area contributed by atoms with Crippen LogP contribution in [0.4, 0.5) is 5.69 Å². The van der Waals surface area contributed by atoms with Gasteiger partial charge >= 0.3 is 0 Å². The summed E-state index contributed by atoms with van der Waals surface area (Å²) in [7, 11) is -3.85. The molecule has 1 aromatic carbocycles. The third-order valence-corrected chi connectivity index (χ3v) is 7.13. The predicted octanol–water partition coefficient (Wildman–Crippen LogP) is 4.03. The highest BCUT2D eigenvalue weighted by Crippen LogP contribution is 2.34. The summed E-state index contributed by atoms with van der Waals surface area (Å²) in [5.41, 5.74) is 6.04. The van der Waals surface area contributed by atoms with Gasteiger partial charge in [-0.2, -0.15) is 11.3 Å². The lowest BCUT2D eigenvalue weighted by Gasteiger charge is -2.34. The Morgan fingerprint density at radius 2 is 1.92 bits per heavy atom. The van der Waals surface area contributed by atoms with Gasteiger partial charge in [-0.1, -0.05) is 30.9 Å². The minimum absolute atomic E-state index is 0.00873. The van der Waals surface area contributed by atoms with E-state index in [0.717, 1.165) is 32.1 Å². The Morgan fingerprint density at radius 1 is 1.20 bits per heavy atom. The zero-order valence-corrected chi connectivity index (χ0v) is 15.9. The maximum atomic E-state index is 13.4. The first-order valence-electron chi connectivity index (χ1n) is 8.06. The van der Waals surface area contributed by atoms with E-state index in [9.17, 15) is 13.2 Å².